The van der Waals surface area contributed by atoms with Gasteiger partial charge < -0.3 is 5.11 Å². The Labute approximate surface area is 97.1 Å². The molecule has 1 N–H and O–H groups in total. The molecule has 1 aromatic rings. The van der Waals surface area contributed by atoms with Crippen molar-refractivity contribution in [1.29, 1.82) is 0 Å². The minimum atomic E-state index is -0.158. The summed E-state index contributed by atoms with van der Waals surface area (Å²) in [5.74, 6) is 0.548. The molecular formula is C13H20N2O. The van der Waals surface area contributed by atoms with Gasteiger partial charge in [0, 0.05) is 19.3 Å². The van der Waals surface area contributed by atoms with Crippen LogP contribution in [-0.2, 0) is 6.54 Å². The molecule has 1 aromatic heterocycles. The molecule has 1 aliphatic rings. The van der Waals surface area contributed by atoms with E-state index in [-0.39, 0.29) is 6.10 Å². The van der Waals surface area contributed by atoms with Crippen LogP contribution >= 0.6 is 0 Å². The second-order valence-electron chi connectivity index (χ2n) is 4.87. The molecule has 0 aliphatic heterocycles. The number of hydrogen-bond acceptors (Lipinski definition) is 3. The van der Waals surface area contributed by atoms with Crippen molar-refractivity contribution in [3.05, 3.63) is 29.6 Å². The molecule has 3 heteroatoms. The highest BCUT2D eigenvalue weighted by molar-refractivity contribution is 5.17. The van der Waals surface area contributed by atoms with Gasteiger partial charge in [-0.05, 0) is 44.4 Å². The van der Waals surface area contributed by atoms with Gasteiger partial charge in [0.05, 0.1) is 11.8 Å². The predicted octanol–water partition coefficient (Wildman–Crippen LogP) is 1.59. The molecule has 1 atom stereocenters. The molecule has 1 fully saturated rings. The number of aromatic nitrogens is 1. The number of hydrogen-bond donors (Lipinski definition) is 1. The molecule has 0 amide bonds. The van der Waals surface area contributed by atoms with Gasteiger partial charge >= 0.3 is 0 Å². The maximum atomic E-state index is 9.84. The summed E-state index contributed by atoms with van der Waals surface area (Å²) in [6, 6.07) is 4.03. The van der Waals surface area contributed by atoms with E-state index >= 15 is 0 Å². The Kier molecular flexibility index (Phi) is 3.56. The zero-order valence-electron chi connectivity index (χ0n) is 10.1. The van der Waals surface area contributed by atoms with Gasteiger partial charge in [-0.1, -0.05) is 6.07 Å². The van der Waals surface area contributed by atoms with Crippen LogP contribution in [0.4, 0.5) is 0 Å². The van der Waals surface area contributed by atoms with Crippen LogP contribution in [0, 0.1) is 12.8 Å². The van der Waals surface area contributed by atoms with E-state index in [1.165, 1.54) is 18.4 Å². The molecule has 0 spiro atoms. The average Bonchev–Trinajstić information content (AvgIpc) is 3.04. The first-order valence-corrected chi connectivity index (χ1v) is 5.94. The van der Waals surface area contributed by atoms with Crippen LogP contribution in [0.25, 0.3) is 0 Å². The highest BCUT2D eigenvalue weighted by atomic mass is 16.3. The van der Waals surface area contributed by atoms with Crippen molar-refractivity contribution in [3.8, 4) is 0 Å². The third-order valence-electron chi connectivity index (χ3n) is 3.20. The Balaban J connectivity index is 1.86. The first kappa shape index (κ1) is 11.6. The minimum absolute atomic E-state index is 0.158. The van der Waals surface area contributed by atoms with Gasteiger partial charge in [-0.3, -0.25) is 9.88 Å². The lowest BCUT2D eigenvalue weighted by Crippen LogP contribution is -2.30. The number of aryl methyl sites for hydroxylation is 1. The van der Waals surface area contributed by atoms with Gasteiger partial charge in [-0.25, -0.2) is 0 Å². The largest absolute Gasteiger partial charge is 0.392 e. The van der Waals surface area contributed by atoms with Crippen molar-refractivity contribution in [2.24, 2.45) is 5.92 Å². The van der Waals surface area contributed by atoms with E-state index in [1.807, 2.05) is 19.3 Å². The molecule has 1 unspecified atom stereocenters. The summed E-state index contributed by atoms with van der Waals surface area (Å²) < 4.78 is 0. The van der Waals surface area contributed by atoms with Gasteiger partial charge in [0.25, 0.3) is 0 Å². The third kappa shape index (κ3) is 3.03. The fourth-order valence-electron chi connectivity index (χ4n) is 1.95. The van der Waals surface area contributed by atoms with Crippen LogP contribution < -0.4 is 0 Å². The highest BCUT2D eigenvalue weighted by Crippen LogP contribution is 2.32. The molecule has 88 valence electrons. The number of aliphatic hydroxyl groups excluding tert-OH is 1. The van der Waals surface area contributed by atoms with Gasteiger partial charge in [-0.2, -0.15) is 0 Å². The van der Waals surface area contributed by atoms with Crippen LogP contribution in [0.5, 0.6) is 0 Å². The zero-order valence-corrected chi connectivity index (χ0v) is 10.1. The maximum Gasteiger partial charge on any atom is 0.0695 e. The Morgan fingerprint density at radius 2 is 2.31 bits per heavy atom. The van der Waals surface area contributed by atoms with E-state index in [0.29, 0.717) is 5.92 Å². The van der Waals surface area contributed by atoms with Crippen molar-refractivity contribution >= 4 is 0 Å². The highest BCUT2D eigenvalue weighted by Gasteiger charge is 2.30. The lowest BCUT2D eigenvalue weighted by Gasteiger charge is -2.20. The summed E-state index contributed by atoms with van der Waals surface area (Å²) in [5.41, 5.74) is 2.32. The molecular weight excluding hydrogens is 200 g/mol. The molecule has 0 saturated heterocycles. The van der Waals surface area contributed by atoms with Crippen molar-refractivity contribution < 1.29 is 5.11 Å². The fraction of sp³-hybridized carbons (Fsp3) is 0.615. The molecule has 1 heterocycles. The normalized spacial score (nSPS) is 17.8. The van der Waals surface area contributed by atoms with Crippen LogP contribution in [0.2, 0.25) is 0 Å². The number of likely N-dealkylation sites (N-methyl/N-ethyl adjacent to an activating group) is 1. The summed E-state index contributed by atoms with van der Waals surface area (Å²) in [4.78, 5) is 6.51. The first-order valence-electron chi connectivity index (χ1n) is 5.94. The predicted molar refractivity (Wildman–Crippen MR) is 64.0 cm³/mol. The van der Waals surface area contributed by atoms with E-state index in [0.717, 1.165) is 18.8 Å². The summed E-state index contributed by atoms with van der Waals surface area (Å²) >= 11 is 0. The van der Waals surface area contributed by atoms with Crippen LogP contribution in [0.3, 0.4) is 0 Å². The number of nitrogens with zero attached hydrogens (tertiary/aromatic N) is 2. The SMILES string of the molecule is Cc1cccnc1CN(C)CC(O)C1CC1. The van der Waals surface area contributed by atoms with Gasteiger partial charge in [0.1, 0.15) is 0 Å². The average molecular weight is 220 g/mol. The number of aliphatic hydroxyl groups is 1. The van der Waals surface area contributed by atoms with Crippen LogP contribution in [0.1, 0.15) is 24.1 Å². The zero-order chi connectivity index (χ0) is 11.5. The van der Waals surface area contributed by atoms with Gasteiger partial charge in [0.2, 0.25) is 0 Å². The first-order chi connectivity index (χ1) is 7.66. The molecule has 0 aromatic carbocycles. The Morgan fingerprint density at radius 1 is 1.56 bits per heavy atom. The third-order valence-corrected chi connectivity index (χ3v) is 3.20. The molecule has 0 radical (unpaired) electrons. The number of rotatable bonds is 5. The lowest BCUT2D eigenvalue weighted by molar-refractivity contribution is 0.103. The van der Waals surface area contributed by atoms with Crippen molar-refractivity contribution in [1.82, 2.24) is 9.88 Å². The summed E-state index contributed by atoms with van der Waals surface area (Å²) in [5, 5.41) is 9.84. The lowest BCUT2D eigenvalue weighted by atomic mass is 10.2. The van der Waals surface area contributed by atoms with Crippen molar-refractivity contribution in [2.45, 2.75) is 32.4 Å². The number of pyridine rings is 1. The van der Waals surface area contributed by atoms with Crippen molar-refractivity contribution in [2.75, 3.05) is 13.6 Å². The van der Waals surface area contributed by atoms with E-state index in [9.17, 15) is 5.11 Å². The fourth-order valence-corrected chi connectivity index (χ4v) is 1.95. The van der Waals surface area contributed by atoms with E-state index < -0.39 is 0 Å². The Bertz CT molecular complexity index is 350. The minimum Gasteiger partial charge on any atom is -0.392 e. The summed E-state index contributed by atoms with van der Waals surface area (Å²) in [6.07, 6.45) is 4.05. The molecule has 1 saturated carbocycles. The van der Waals surface area contributed by atoms with Gasteiger partial charge in [0.15, 0.2) is 0 Å². The molecule has 2 rings (SSSR count). The van der Waals surface area contributed by atoms with E-state index in [1.54, 1.807) is 0 Å². The molecule has 1 aliphatic carbocycles. The standard InChI is InChI=1S/C13H20N2O/c1-10-4-3-7-14-12(10)8-15(2)9-13(16)11-5-6-11/h3-4,7,11,13,16H,5-6,8-9H2,1-2H3. The Hall–Kier alpha value is -0.930. The van der Waals surface area contributed by atoms with Crippen molar-refractivity contribution in [3.63, 3.8) is 0 Å². The smallest absolute Gasteiger partial charge is 0.0695 e. The van der Waals surface area contributed by atoms with Crippen LogP contribution in [-0.4, -0.2) is 34.7 Å². The van der Waals surface area contributed by atoms with E-state index in [2.05, 4.69) is 22.9 Å². The summed E-state index contributed by atoms with van der Waals surface area (Å²) in [7, 11) is 2.04. The van der Waals surface area contributed by atoms with E-state index in [4.69, 9.17) is 0 Å². The maximum absolute atomic E-state index is 9.84. The Morgan fingerprint density at radius 3 is 2.94 bits per heavy atom. The monoisotopic (exact) mass is 220 g/mol. The molecule has 16 heavy (non-hydrogen) atoms. The second kappa shape index (κ2) is 4.93. The topological polar surface area (TPSA) is 36.4 Å². The van der Waals surface area contributed by atoms with Gasteiger partial charge in [-0.15, -0.1) is 0 Å². The second-order valence-corrected chi connectivity index (χ2v) is 4.87. The molecule has 3 nitrogen and oxygen atoms in total. The van der Waals surface area contributed by atoms with Crippen LogP contribution in [0.15, 0.2) is 18.3 Å². The molecule has 0 bridgehead atoms. The summed E-state index contributed by atoms with van der Waals surface area (Å²) in [6.45, 7) is 3.64. The quantitative estimate of drug-likeness (QED) is 0.818.